The molecular weight excluding hydrogens is 232 g/mol. The molecule has 100 valence electrons. The topological polar surface area (TPSA) is 12.0 Å². The zero-order chi connectivity index (χ0) is 13.7. The molecule has 1 aromatic rings. The lowest BCUT2D eigenvalue weighted by Crippen LogP contribution is -2.24. The summed E-state index contributed by atoms with van der Waals surface area (Å²) in [5.74, 6) is -0.946. The van der Waals surface area contributed by atoms with Crippen molar-refractivity contribution in [1.29, 1.82) is 0 Å². The third-order valence-corrected chi connectivity index (χ3v) is 3.11. The summed E-state index contributed by atoms with van der Waals surface area (Å²) >= 11 is 0. The van der Waals surface area contributed by atoms with Crippen molar-refractivity contribution in [1.82, 2.24) is 5.32 Å². The number of hydrogen-bond acceptors (Lipinski definition) is 1. The number of benzene rings is 1. The van der Waals surface area contributed by atoms with E-state index in [1.807, 2.05) is 13.8 Å². The second-order valence-corrected chi connectivity index (χ2v) is 4.51. The number of hydrogen-bond donors (Lipinski definition) is 1. The summed E-state index contributed by atoms with van der Waals surface area (Å²) in [4.78, 5) is 0. The average Bonchev–Trinajstić information content (AvgIpc) is 2.34. The smallest absolute Gasteiger partial charge is 0.133 e. The van der Waals surface area contributed by atoms with Crippen LogP contribution in [0.1, 0.15) is 43.9 Å². The number of nitrogens with one attached hydrogen (secondary N) is 1. The van der Waals surface area contributed by atoms with Gasteiger partial charge in [0.1, 0.15) is 11.6 Å². The molecule has 3 heteroatoms. The fourth-order valence-corrected chi connectivity index (χ4v) is 1.95. The van der Waals surface area contributed by atoms with Crippen molar-refractivity contribution < 1.29 is 8.78 Å². The second kappa shape index (κ2) is 6.64. The largest absolute Gasteiger partial charge is 0.310 e. The van der Waals surface area contributed by atoms with E-state index >= 15 is 0 Å². The van der Waals surface area contributed by atoms with Gasteiger partial charge in [-0.3, -0.25) is 0 Å². The van der Waals surface area contributed by atoms with Crippen LogP contribution >= 0.6 is 0 Å². The Morgan fingerprint density at radius 3 is 2.56 bits per heavy atom. The molecular formula is C15H21F2N. The molecule has 0 saturated heterocycles. The van der Waals surface area contributed by atoms with Gasteiger partial charge in [-0.1, -0.05) is 32.1 Å². The molecule has 0 aliphatic carbocycles. The normalized spacial score (nSPS) is 12.5. The second-order valence-electron chi connectivity index (χ2n) is 4.51. The minimum absolute atomic E-state index is 0.131. The van der Waals surface area contributed by atoms with E-state index in [9.17, 15) is 8.78 Å². The Kier molecular flexibility index (Phi) is 5.48. The molecule has 1 atom stereocenters. The molecule has 1 N–H and O–H groups in total. The summed E-state index contributed by atoms with van der Waals surface area (Å²) < 4.78 is 27.9. The van der Waals surface area contributed by atoms with Crippen molar-refractivity contribution in [3.05, 3.63) is 47.0 Å². The van der Waals surface area contributed by atoms with E-state index < -0.39 is 11.6 Å². The monoisotopic (exact) mass is 253 g/mol. The van der Waals surface area contributed by atoms with E-state index in [0.29, 0.717) is 18.5 Å². The van der Waals surface area contributed by atoms with E-state index in [2.05, 4.69) is 11.9 Å². The Morgan fingerprint density at radius 1 is 1.33 bits per heavy atom. The first kappa shape index (κ1) is 14.8. The Labute approximate surface area is 108 Å². The maximum Gasteiger partial charge on any atom is 0.133 e. The van der Waals surface area contributed by atoms with Gasteiger partial charge in [0.25, 0.3) is 0 Å². The Hall–Kier alpha value is -1.22. The highest BCUT2D eigenvalue weighted by atomic mass is 19.1. The molecule has 1 aromatic carbocycles. The highest BCUT2D eigenvalue weighted by molar-refractivity contribution is 5.30. The molecule has 0 amide bonds. The van der Waals surface area contributed by atoms with Crippen molar-refractivity contribution in [3.8, 4) is 0 Å². The molecule has 18 heavy (non-hydrogen) atoms. The SMILES string of the molecule is C=C(CC)CC(NCC)c1c(F)ccc(C)c1F. The van der Waals surface area contributed by atoms with Gasteiger partial charge in [0.15, 0.2) is 0 Å². The fraction of sp³-hybridized carbons (Fsp3) is 0.467. The van der Waals surface area contributed by atoms with Crippen LogP contribution in [0.2, 0.25) is 0 Å². The highest BCUT2D eigenvalue weighted by Gasteiger charge is 2.21. The predicted molar refractivity (Wildman–Crippen MR) is 71.6 cm³/mol. The molecule has 0 aromatic heterocycles. The van der Waals surface area contributed by atoms with Gasteiger partial charge in [-0.2, -0.15) is 0 Å². The maximum absolute atomic E-state index is 14.1. The van der Waals surface area contributed by atoms with Gasteiger partial charge in [0, 0.05) is 11.6 Å². The van der Waals surface area contributed by atoms with Crippen LogP contribution in [0.4, 0.5) is 8.78 Å². The standard InChI is InChI=1S/C15H21F2N/c1-5-10(3)9-13(18-6-2)14-12(16)8-7-11(4)15(14)17/h7-8,13,18H,3,5-6,9H2,1-2,4H3. The molecule has 0 spiro atoms. The van der Waals surface area contributed by atoms with Crippen molar-refractivity contribution in [3.63, 3.8) is 0 Å². The fourth-order valence-electron chi connectivity index (χ4n) is 1.95. The van der Waals surface area contributed by atoms with E-state index in [1.54, 1.807) is 6.92 Å². The van der Waals surface area contributed by atoms with Gasteiger partial charge >= 0.3 is 0 Å². The van der Waals surface area contributed by atoms with E-state index in [4.69, 9.17) is 0 Å². The van der Waals surface area contributed by atoms with Crippen LogP contribution in [0.3, 0.4) is 0 Å². The quantitative estimate of drug-likeness (QED) is 0.746. The molecule has 0 bridgehead atoms. The van der Waals surface area contributed by atoms with Crippen LogP contribution in [-0.2, 0) is 0 Å². The zero-order valence-corrected chi connectivity index (χ0v) is 11.3. The van der Waals surface area contributed by atoms with Crippen LogP contribution in [-0.4, -0.2) is 6.54 Å². The summed E-state index contributed by atoms with van der Waals surface area (Å²) in [6, 6.07) is 2.45. The maximum atomic E-state index is 14.1. The Balaban J connectivity index is 3.12. The zero-order valence-electron chi connectivity index (χ0n) is 11.3. The average molecular weight is 253 g/mol. The number of aryl methyl sites for hydroxylation is 1. The van der Waals surface area contributed by atoms with Crippen molar-refractivity contribution in [2.75, 3.05) is 6.54 Å². The van der Waals surface area contributed by atoms with Crippen molar-refractivity contribution in [2.24, 2.45) is 0 Å². The minimum Gasteiger partial charge on any atom is -0.310 e. The molecule has 1 nitrogen and oxygen atoms in total. The lowest BCUT2D eigenvalue weighted by molar-refractivity contribution is 0.467. The number of halogens is 2. The lowest BCUT2D eigenvalue weighted by Gasteiger charge is -2.21. The van der Waals surface area contributed by atoms with Gasteiger partial charge in [-0.25, -0.2) is 8.78 Å². The Morgan fingerprint density at radius 2 is 2.00 bits per heavy atom. The van der Waals surface area contributed by atoms with E-state index in [1.165, 1.54) is 12.1 Å². The summed E-state index contributed by atoms with van der Waals surface area (Å²) in [7, 11) is 0. The third-order valence-electron chi connectivity index (χ3n) is 3.11. The first-order chi connectivity index (χ1) is 8.51. The Bertz CT molecular complexity index is 427. The van der Waals surface area contributed by atoms with Crippen LogP contribution in [0.25, 0.3) is 0 Å². The lowest BCUT2D eigenvalue weighted by atomic mass is 9.96. The number of rotatable bonds is 6. The molecule has 0 aliphatic heterocycles. The van der Waals surface area contributed by atoms with E-state index in [0.717, 1.165) is 12.0 Å². The van der Waals surface area contributed by atoms with Gasteiger partial charge in [0.05, 0.1) is 0 Å². The minimum atomic E-state index is -0.493. The van der Waals surface area contributed by atoms with Crippen molar-refractivity contribution >= 4 is 0 Å². The molecule has 0 saturated carbocycles. The summed E-state index contributed by atoms with van der Waals surface area (Å²) in [5.41, 5.74) is 1.59. The van der Waals surface area contributed by atoms with Crippen LogP contribution in [0.5, 0.6) is 0 Å². The van der Waals surface area contributed by atoms with Crippen molar-refractivity contribution in [2.45, 2.75) is 39.7 Å². The molecule has 1 unspecified atom stereocenters. The van der Waals surface area contributed by atoms with E-state index in [-0.39, 0.29) is 11.6 Å². The third kappa shape index (κ3) is 3.39. The summed E-state index contributed by atoms with van der Waals surface area (Å²) in [6.45, 7) is 10.1. The highest BCUT2D eigenvalue weighted by Crippen LogP contribution is 2.28. The van der Waals surface area contributed by atoms with Crippen LogP contribution < -0.4 is 5.32 Å². The predicted octanol–water partition coefficient (Wildman–Crippen LogP) is 4.28. The summed E-state index contributed by atoms with van der Waals surface area (Å²) in [6.07, 6.45) is 1.37. The van der Waals surface area contributed by atoms with Crippen LogP contribution in [0.15, 0.2) is 24.3 Å². The van der Waals surface area contributed by atoms with Gasteiger partial charge in [0.2, 0.25) is 0 Å². The van der Waals surface area contributed by atoms with Gasteiger partial charge in [-0.05, 0) is 37.9 Å². The van der Waals surface area contributed by atoms with Gasteiger partial charge < -0.3 is 5.32 Å². The molecule has 0 aliphatic rings. The molecule has 0 radical (unpaired) electrons. The first-order valence-electron chi connectivity index (χ1n) is 6.35. The molecule has 0 fully saturated rings. The molecule has 1 rings (SSSR count). The van der Waals surface area contributed by atoms with Crippen LogP contribution in [0, 0.1) is 18.6 Å². The summed E-state index contributed by atoms with van der Waals surface area (Å²) in [5, 5.41) is 3.13. The first-order valence-corrected chi connectivity index (χ1v) is 6.35. The molecule has 0 heterocycles. The van der Waals surface area contributed by atoms with Gasteiger partial charge in [-0.15, -0.1) is 0 Å².